The number of benzene rings is 1. The molecule has 0 saturated heterocycles. The SMILES string of the molecule is Cc1cc(N2CCCc3ccccc32)ncc1CNC(=O)OC(C)(C)C. The van der Waals surface area contributed by atoms with E-state index in [0.29, 0.717) is 6.54 Å². The topological polar surface area (TPSA) is 54.5 Å². The summed E-state index contributed by atoms with van der Waals surface area (Å²) < 4.78 is 5.28. The van der Waals surface area contributed by atoms with Crippen molar-refractivity contribution in [2.24, 2.45) is 0 Å². The number of hydrogen-bond donors (Lipinski definition) is 1. The second kappa shape index (κ2) is 7.36. The van der Waals surface area contributed by atoms with E-state index in [1.807, 2.05) is 33.9 Å². The fourth-order valence-electron chi connectivity index (χ4n) is 3.16. The quantitative estimate of drug-likeness (QED) is 0.883. The molecule has 2 aromatic rings. The number of rotatable bonds is 3. The molecule has 1 N–H and O–H groups in total. The van der Waals surface area contributed by atoms with E-state index in [2.05, 4.69) is 45.5 Å². The van der Waals surface area contributed by atoms with Crippen LogP contribution in [0.15, 0.2) is 36.5 Å². The summed E-state index contributed by atoms with van der Waals surface area (Å²) in [5.41, 5.74) is 4.21. The molecule has 0 unspecified atom stereocenters. The number of nitrogens with one attached hydrogen (secondary N) is 1. The average molecular weight is 353 g/mol. The Balaban J connectivity index is 1.72. The zero-order valence-electron chi connectivity index (χ0n) is 16.0. The van der Waals surface area contributed by atoms with Crippen LogP contribution in [-0.2, 0) is 17.7 Å². The molecule has 1 aromatic heterocycles. The first kappa shape index (κ1) is 18.2. The second-order valence-electron chi connectivity index (χ2n) is 7.71. The van der Waals surface area contributed by atoms with Crippen LogP contribution in [0.1, 0.15) is 43.9 Å². The molecule has 138 valence electrons. The third kappa shape index (κ3) is 4.34. The monoisotopic (exact) mass is 353 g/mol. The molecule has 5 heteroatoms. The minimum absolute atomic E-state index is 0.407. The van der Waals surface area contributed by atoms with Crippen LogP contribution in [0.2, 0.25) is 0 Å². The third-order valence-electron chi connectivity index (χ3n) is 4.41. The molecule has 0 fully saturated rings. The average Bonchev–Trinajstić information content (AvgIpc) is 2.58. The molecule has 1 aliphatic heterocycles. The molecule has 3 rings (SSSR count). The van der Waals surface area contributed by atoms with Crippen LogP contribution in [-0.4, -0.2) is 23.2 Å². The van der Waals surface area contributed by atoms with Gasteiger partial charge in [0.05, 0.1) is 0 Å². The maximum absolute atomic E-state index is 11.8. The highest BCUT2D eigenvalue weighted by Gasteiger charge is 2.20. The summed E-state index contributed by atoms with van der Waals surface area (Å²) in [5.74, 6) is 0.954. The van der Waals surface area contributed by atoms with Gasteiger partial charge in [-0.3, -0.25) is 0 Å². The Hall–Kier alpha value is -2.56. The maximum Gasteiger partial charge on any atom is 0.407 e. The van der Waals surface area contributed by atoms with Crippen molar-refractivity contribution in [2.45, 2.75) is 52.7 Å². The van der Waals surface area contributed by atoms with Crippen molar-refractivity contribution in [3.05, 3.63) is 53.2 Å². The Morgan fingerprint density at radius 2 is 2.08 bits per heavy atom. The first-order valence-electron chi connectivity index (χ1n) is 9.11. The molecule has 0 aliphatic carbocycles. The number of carbonyl (C=O) groups is 1. The summed E-state index contributed by atoms with van der Waals surface area (Å²) in [6.45, 7) is 8.98. The lowest BCUT2D eigenvalue weighted by molar-refractivity contribution is 0.0523. The summed E-state index contributed by atoms with van der Waals surface area (Å²) in [7, 11) is 0. The van der Waals surface area contributed by atoms with Crippen LogP contribution in [0, 0.1) is 6.92 Å². The van der Waals surface area contributed by atoms with Gasteiger partial charge < -0.3 is 15.0 Å². The van der Waals surface area contributed by atoms with Gasteiger partial charge in [0.2, 0.25) is 0 Å². The van der Waals surface area contributed by atoms with E-state index < -0.39 is 11.7 Å². The van der Waals surface area contributed by atoms with Gasteiger partial charge in [0.25, 0.3) is 0 Å². The maximum atomic E-state index is 11.8. The standard InChI is InChI=1S/C21H27N3O2/c1-15-12-19(24-11-7-9-16-8-5-6-10-18(16)24)22-13-17(15)14-23-20(25)26-21(2,3)4/h5-6,8,10,12-13H,7,9,11,14H2,1-4H3,(H,23,25). The van der Waals surface area contributed by atoms with Crippen molar-refractivity contribution in [3.63, 3.8) is 0 Å². The Morgan fingerprint density at radius 1 is 1.31 bits per heavy atom. The van der Waals surface area contributed by atoms with Gasteiger partial charge in [0.15, 0.2) is 0 Å². The molecular weight excluding hydrogens is 326 g/mol. The molecule has 0 spiro atoms. The summed E-state index contributed by atoms with van der Waals surface area (Å²) >= 11 is 0. The summed E-state index contributed by atoms with van der Waals surface area (Å²) in [5, 5.41) is 2.80. The number of amides is 1. The highest BCUT2D eigenvalue weighted by molar-refractivity contribution is 5.68. The first-order valence-corrected chi connectivity index (χ1v) is 9.11. The third-order valence-corrected chi connectivity index (χ3v) is 4.41. The number of alkyl carbamates (subject to hydrolysis) is 1. The number of hydrogen-bond acceptors (Lipinski definition) is 4. The van der Waals surface area contributed by atoms with Crippen LogP contribution < -0.4 is 10.2 Å². The highest BCUT2D eigenvalue weighted by Crippen LogP contribution is 2.32. The van der Waals surface area contributed by atoms with E-state index in [1.54, 1.807) is 0 Å². The molecule has 2 heterocycles. The molecule has 0 saturated carbocycles. The van der Waals surface area contributed by atoms with Crippen LogP contribution in [0.3, 0.4) is 0 Å². The number of pyridine rings is 1. The predicted octanol–water partition coefficient (Wildman–Crippen LogP) is 4.50. The number of aromatic nitrogens is 1. The van der Waals surface area contributed by atoms with Gasteiger partial charge in [-0.2, -0.15) is 0 Å². The number of fused-ring (bicyclic) bond motifs is 1. The minimum atomic E-state index is -0.497. The zero-order valence-corrected chi connectivity index (χ0v) is 16.0. The Kier molecular flexibility index (Phi) is 5.16. The number of ether oxygens (including phenoxy) is 1. The van der Waals surface area contributed by atoms with Gasteiger partial charge in [0.1, 0.15) is 11.4 Å². The fraction of sp³-hybridized carbons (Fsp3) is 0.429. The van der Waals surface area contributed by atoms with E-state index >= 15 is 0 Å². The molecule has 26 heavy (non-hydrogen) atoms. The van der Waals surface area contributed by atoms with E-state index in [9.17, 15) is 4.79 Å². The van der Waals surface area contributed by atoms with Crippen molar-refractivity contribution in [1.82, 2.24) is 10.3 Å². The smallest absolute Gasteiger partial charge is 0.407 e. The molecule has 1 aliphatic rings. The molecular formula is C21H27N3O2. The molecule has 1 amide bonds. The molecule has 0 radical (unpaired) electrons. The molecule has 5 nitrogen and oxygen atoms in total. The van der Waals surface area contributed by atoms with Crippen LogP contribution >= 0.6 is 0 Å². The first-order chi connectivity index (χ1) is 12.3. The lowest BCUT2D eigenvalue weighted by Crippen LogP contribution is -2.32. The summed E-state index contributed by atoms with van der Waals surface area (Å²) in [6.07, 6.45) is 3.67. The number of aryl methyl sites for hydroxylation is 2. The van der Waals surface area contributed by atoms with Crippen LogP contribution in [0.4, 0.5) is 16.3 Å². The number of carbonyl (C=O) groups excluding carboxylic acids is 1. The fourth-order valence-corrected chi connectivity index (χ4v) is 3.16. The molecule has 0 atom stereocenters. The van der Waals surface area contributed by atoms with Crippen molar-refractivity contribution in [2.75, 3.05) is 11.4 Å². The zero-order chi connectivity index (χ0) is 18.7. The van der Waals surface area contributed by atoms with Gasteiger partial charge in [-0.1, -0.05) is 18.2 Å². The largest absolute Gasteiger partial charge is 0.444 e. The lowest BCUT2D eigenvalue weighted by Gasteiger charge is -2.30. The minimum Gasteiger partial charge on any atom is -0.444 e. The van der Waals surface area contributed by atoms with Gasteiger partial charge in [-0.25, -0.2) is 9.78 Å². The molecule has 1 aromatic carbocycles. The van der Waals surface area contributed by atoms with Crippen LogP contribution in [0.25, 0.3) is 0 Å². The molecule has 0 bridgehead atoms. The number of anilines is 2. The van der Waals surface area contributed by atoms with Crippen molar-refractivity contribution < 1.29 is 9.53 Å². The van der Waals surface area contributed by atoms with Crippen LogP contribution in [0.5, 0.6) is 0 Å². The van der Waals surface area contributed by atoms with Crippen molar-refractivity contribution in [1.29, 1.82) is 0 Å². The second-order valence-corrected chi connectivity index (χ2v) is 7.71. The van der Waals surface area contributed by atoms with Gasteiger partial charge in [0, 0.05) is 25.0 Å². The van der Waals surface area contributed by atoms with E-state index in [-0.39, 0.29) is 0 Å². The Morgan fingerprint density at radius 3 is 2.81 bits per heavy atom. The van der Waals surface area contributed by atoms with E-state index in [0.717, 1.165) is 36.3 Å². The lowest BCUT2D eigenvalue weighted by atomic mass is 10.0. The number of para-hydroxylation sites is 1. The highest BCUT2D eigenvalue weighted by atomic mass is 16.6. The Bertz CT molecular complexity index is 796. The van der Waals surface area contributed by atoms with E-state index in [4.69, 9.17) is 4.74 Å². The van der Waals surface area contributed by atoms with Crippen molar-refractivity contribution in [3.8, 4) is 0 Å². The Labute approximate surface area is 155 Å². The van der Waals surface area contributed by atoms with Gasteiger partial charge in [-0.15, -0.1) is 0 Å². The van der Waals surface area contributed by atoms with Crippen molar-refractivity contribution >= 4 is 17.6 Å². The summed E-state index contributed by atoms with van der Waals surface area (Å²) in [6, 6.07) is 10.6. The normalized spacial score (nSPS) is 13.9. The number of nitrogens with zero attached hydrogens (tertiary/aromatic N) is 2. The predicted molar refractivity (Wildman–Crippen MR) is 104 cm³/mol. The summed E-state index contributed by atoms with van der Waals surface area (Å²) in [4.78, 5) is 18.8. The van der Waals surface area contributed by atoms with E-state index in [1.165, 1.54) is 11.3 Å². The van der Waals surface area contributed by atoms with Gasteiger partial charge in [-0.05, 0) is 69.4 Å². The van der Waals surface area contributed by atoms with Gasteiger partial charge >= 0.3 is 6.09 Å².